The first-order valence-corrected chi connectivity index (χ1v) is 7.23. The van der Waals surface area contributed by atoms with Crippen LogP contribution in [0.5, 0.6) is 0 Å². The zero-order valence-corrected chi connectivity index (χ0v) is 13.0. The highest BCUT2D eigenvalue weighted by Gasteiger charge is 2.45. The number of hydrogen-bond donors (Lipinski definition) is 1. The highest BCUT2D eigenvalue weighted by molar-refractivity contribution is 6.31. The molecule has 114 valence electrons. The zero-order valence-electron chi connectivity index (χ0n) is 12.2. The van der Waals surface area contributed by atoms with Crippen molar-refractivity contribution in [2.45, 2.75) is 45.3 Å². The second-order valence-corrected chi connectivity index (χ2v) is 5.93. The number of halogens is 2. The third-order valence-corrected chi connectivity index (χ3v) is 4.39. The van der Waals surface area contributed by atoms with E-state index in [-0.39, 0.29) is 23.4 Å². The summed E-state index contributed by atoms with van der Waals surface area (Å²) in [6.45, 7) is 5.40. The van der Waals surface area contributed by atoms with Crippen molar-refractivity contribution in [1.82, 2.24) is 10.2 Å². The first-order valence-electron chi connectivity index (χ1n) is 6.85. The van der Waals surface area contributed by atoms with Gasteiger partial charge in [0.25, 0.3) is 0 Å². The lowest BCUT2D eigenvalue weighted by Crippen LogP contribution is -2.68. The summed E-state index contributed by atoms with van der Waals surface area (Å²) in [6, 6.07) is 3.44. The summed E-state index contributed by atoms with van der Waals surface area (Å²) in [5.74, 6) is -0.785. The number of carbonyl (C=O) groups is 2. The van der Waals surface area contributed by atoms with Crippen molar-refractivity contribution < 1.29 is 14.0 Å². The molecule has 1 heterocycles. The fourth-order valence-electron chi connectivity index (χ4n) is 2.35. The fourth-order valence-corrected chi connectivity index (χ4v) is 2.57. The summed E-state index contributed by atoms with van der Waals surface area (Å²) in [7, 11) is 0. The minimum absolute atomic E-state index is 0.155. The van der Waals surface area contributed by atoms with Crippen molar-refractivity contribution in [3.05, 3.63) is 34.6 Å². The van der Waals surface area contributed by atoms with Crippen molar-refractivity contribution in [2.24, 2.45) is 0 Å². The third kappa shape index (κ3) is 2.88. The van der Waals surface area contributed by atoms with E-state index in [0.29, 0.717) is 12.0 Å². The number of amides is 2. The van der Waals surface area contributed by atoms with Crippen LogP contribution in [-0.2, 0) is 16.1 Å². The molecule has 0 aliphatic carbocycles. The lowest BCUT2D eigenvalue weighted by Gasteiger charge is -2.43. The Morgan fingerprint density at radius 3 is 2.67 bits per heavy atom. The topological polar surface area (TPSA) is 49.4 Å². The van der Waals surface area contributed by atoms with Crippen molar-refractivity contribution >= 4 is 23.4 Å². The second-order valence-electron chi connectivity index (χ2n) is 5.52. The maximum absolute atomic E-state index is 13.1. The minimum Gasteiger partial charge on any atom is -0.340 e. The predicted octanol–water partition coefficient (Wildman–Crippen LogP) is 2.49. The van der Waals surface area contributed by atoms with Gasteiger partial charge in [0.15, 0.2) is 0 Å². The monoisotopic (exact) mass is 312 g/mol. The standard InChI is InChI=1S/C15H18ClFN2O2/c1-4-15(3)14(21)19(9(2)13(20)18-15)8-10-5-6-11(17)7-12(10)16/h5-7,9H,4,8H2,1-3H3,(H,18,20). The van der Waals surface area contributed by atoms with Gasteiger partial charge in [-0.3, -0.25) is 9.59 Å². The zero-order chi connectivity index (χ0) is 15.8. The molecule has 0 spiro atoms. The SMILES string of the molecule is CCC1(C)NC(=O)C(C)N(Cc2ccc(F)cc2Cl)C1=O. The highest BCUT2D eigenvalue weighted by Crippen LogP contribution is 2.26. The molecule has 1 aliphatic rings. The predicted molar refractivity (Wildman–Crippen MR) is 78.3 cm³/mol. The molecule has 0 bridgehead atoms. The molecule has 4 nitrogen and oxygen atoms in total. The van der Waals surface area contributed by atoms with Crippen LogP contribution < -0.4 is 5.32 Å². The Hall–Kier alpha value is -1.62. The van der Waals surface area contributed by atoms with E-state index in [4.69, 9.17) is 11.6 Å². The van der Waals surface area contributed by atoms with Gasteiger partial charge in [-0.05, 0) is 38.0 Å². The summed E-state index contributed by atoms with van der Waals surface area (Å²) in [6.07, 6.45) is 0.498. The number of piperazine rings is 1. The molecule has 21 heavy (non-hydrogen) atoms. The molecular weight excluding hydrogens is 295 g/mol. The van der Waals surface area contributed by atoms with Gasteiger partial charge in [0.2, 0.25) is 11.8 Å². The van der Waals surface area contributed by atoms with E-state index in [0.717, 1.165) is 0 Å². The molecule has 6 heteroatoms. The van der Waals surface area contributed by atoms with E-state index >= 15 is 0 Å². The smallest absolute Gasteiger partial charge is 0.249 e. The molecule has 1 aromatic carbocycles. The fraction of sp³-hybridized carbons (Fsp3) is 0.467. The van der Waals surface area contributed by atoms with Crippen LogP contribution in [0.2, 0.25) is 5.02 Å². The summed E-state index contributed by atoms with van der Waals surface area (Å²) in [5.41, 5.74) is -0.290. The van der Waals surface area contributed by atoms with Crippen molar-refractivity contribution in [1.29, 1.82) is 0 Å². The molecule has 1 saturated heterocycles. The molecule has 1 aromatic rings. The molecule has 1 fully saturated rings. The molecule has 1 N–H and O–H groups in total. The van der Waals surface area contributed by atoms with E-state index in [1.54, 1.807) is 13.8 Å². The average Bonchev–Trinajstić information content (AvgIpc) is 2.43. The van der Waals surface area contributed by atoms with Crippen LogP contribution in [-0.4, -0.2) is 28.3 Å². The quantitative estimate of drug-likeness (QED) is 0.932. The Labute approximate surface area is 128 Å². The largest absolute Gasteiger partial charge is 0.340 e. The van der Waals surface area contributed by atoms with Gasteiger partial charge in [-0.25, -0.2) is 4.39 Å². The summed E-state index contributed by atoms with van der Waals surface area (Å²) in [4.78, 5) is 26.2. The molecule has 2 unspecified atom stereocenters. The van der Waals surface area contributed by atoms with Crippen molar-refractivity contribution in [2.75, 3.05) is 0 Å². The first-order chi connectivity index (χ1) is 9.78. The Morgan fingerprint density at radius 1 is 1.43 bits per heavy atom. The molecule has 2 rings (SSSR count). The second kappa shape index (κ2) is 5.64. The summed E-state index contributed by atoms with van der Waals surface area (Å²) < 4.78 is 13.1. The normalized spacial score (nSPS) is 26.0. The van der Waals surface area contributed by atoms with E-state index in [9.17, 15) is 14.0 Å². The van der Waals surface area contributed by atoms with Crippen LogP contribution in [0.1, 0.15) is 32.8 Å². The highest BCUT2D eigenvalue weighted by atomic mass is 35.5. The maximum Gasteiger partial charge on any atom is 0.249 e. The van der Waals surface area contributed by atoms with Gasteiger partial charge in [-0.15, -0.1) is 0 Å². The van der Waals surface area contributed by atoms with E-state index in [2.05, 4.69) is 5.32 Å². The van der Waals surface area contributed by atoms with Crippen LogP contribution in [0, 0.1) is 5.82 Å². The molecule has 0 radical (unpaired) electrons. The van der Waals surface area contributed by atoms with Crippen LogP contribution in [0.3, 0.4) is 0 Å². The lowest BCUT2D eigenvalue weighted by atomic mass is 9.92. The van der Waals surface area contributed by atoms with Gasteiger partial charge in [0.1, 0.15) is 17.4 Å². The molecule has 0 aromatic heterocycles. The third-order valence-electron chi connectivity index (χ3n) is 4.04. The Morgan fingerprint density at radius 2 is 2.10 bits per heavy atom. The Balaban J connectivity index is 2.31. The number of benzene rings is 1. The van der Waals surface area contributed by atoms with Gasteiger partial charge < -0.3 is 10.2 Å². The van der Waals surface area contributed by atoms with Crippen molar-refractivity contribution in [3.63, 3.8) is 0 Å². The van der Waals surface area contributed by atoms with E-state index in [1.165, 1.54) is 23.1 Å². The van der Waals surface area contributed by atoms with Gasteiger partial charge in [0, 0.05) is 11.6 Å². The minimum atomic E-state index is -0.907. The van der Waals surface area contributed by atoms with Crippen LogP contribution in [0.15, 0.2) is 18.2 Å². The molecular formula is C15H18ClFN2O2. The number of nitrogens with one attached hydrogen (secondary N) is 1. The summed E-state index contributed by atoms with van der Waals surface area (Å²) >= 11 is 6.01. The number of hydrogen-bond acceptors (Lipinski definition) is 2. The van der Waals surface area contributed by atoms with Gasteiger partial charge >= 0.3 is 0 Å². The van der Waals surface area contributed by atoms with Gasteiger partial charge in [0.05, 0.1) is 0 Å². The van der Waals surface area contributed by atoms with Gasteiger partial charge in [-0.1, -0.05) is 24.6 Å². The van der Waals surface area contributed by atoms with E-state index < -0.39 is 17.4 Å². The maximum atomic E-state index is 13.1. The van der Waals surface area contributed by atoms with Crippen LogP contribution in [0.4, 0.5) is 4.39 Å². The Bertz CT molecular complexity index is 593. The van der Waals surface area contributed by atoms with Gasteiger partial charge in [-0.2, -0.15) is 0 Å². The first kappa shape index (κ1) is 15.8. The van der Waals surface area contributed by atoms with Crippen LogP contribution in [0.25, 0.3) is 0 Å². The van der Waals surface area contributed by atoms with Crippen molar-refractivity contribution in [3.8, 4) is 0 Å². The Kier molecular flexibility index (Phi) is 4.23. The molecule has 0 saturated carbocycles. The number of nitrogens with zero attached hydrogens (tertiary/aromatic N) is 1. The molecule has 1 aliphatic heterocycles. The van der Waals surface area contributed by atoms with E-state index in [1.807, 2.05) is 6.92 Å². The molecule has 2 amide bonds. The molecule has 2 atom stereocenters. The average molecular weight is 313 g/mol. The number of carbonyl (C=O) groups excluding carboxylic acids is 2. The van der Waals surface area contributed by atoms with Crippen LogP contribution >= 0.6 is 11.6 Å². The number of rotatable bonds is 3. The summed E-state index contributed by atoms with van der Waals surface area (Å²) in [5, 5.41) is 3.01. The lowest BCUT2D eigenvalue weighted by molar-refractivity contribution is -0.154.